The van der Waals surface area contributed by atoms with E-state index in [9.17, 15) is 29.7 Å². The summed E-state index contributed by atoms with van der Waals surface area (Å²) in [6, 6.07) is 3.41. The second-order valence-corrected chi connectivity index (χ2v) is 9.54. The molecule has 8 N–H and O–H groups in total. The minimum absolute atomic E-state index is 0.0408. The Hall–Kier alpha value is -2.93. The second kappa shape index (κ2) is 15.4. The van der Waals surface area contributed by atoms with Crippen LogP contribution in [0.4, 0.5) is 4.79 Å². The largest absolute Gasteiger partial charge is 0.491 e. The number of ether oxygens (including phenoxy) is 2. The molecule has 12 nitrogen and oxygen atoms in total. The molecule has 0 aromatic heterocycles. The molecular formula is C25H40N4O8. The van der Waals surface area contributed by atoms with E-state index in [1.54, 1.807) is 24.3 Å². The number of carboxylic acid groups (broad SMARTS) is 1. The molecule has 208 valence electrons. The number of carboxylic acids is 1. The summed E-state index contributed by atoms with van der Waals surface area (Å²) < 4.78 is 11.1. The molecule has 2 bridgehead atoms. The van der Waals surface area contributed by atoms with Crippen molar-refractivity contribution < 1.29 is 39.2 Å². The molecule has 3 rings (SSSR count). The van der Waals surface area contributed by atoms with Gasteiger partial charge < -0.3 is 46.5 Å². The fourth-order valence-corrected chi connectivity index (χ4v) is 3.68. The van der Waals surface area contributed by atoms with Gasteiger partial charge in [0.05, 0.1) is 19.3 Å². The van der Waals surface area contributed by atoms with E-state index >= 15 is 0 Å². The van der Waals surface area contributed by atoms with Crippen LogP contribution in [0.25, 0.3) is 0 Å². The zero-order valence-corrected chi connectivity index (χ0v) is 21.4. The number of amides is 3. The van der Waals surface area contributed by atoms with Crippen LogP contribution in [0.3, 0.4) is 0 Å². The van der Waals surface area contributed by atoms with Crippen LogP contribution in [0.1, 0.15) is 38.7 Å². The van der Waals surface area contributed by atoms with E-state index in [0.29, 0.717) is 25.1 Å². The lowest BCUT2D eigenvalue weighted by Gasteiger charge is -2.27. The van der Waals surface area contributed by atoms with E-state index < -0.39 is 48.2 Å². The smallest absolute Gasteiger partial charge is 0.326 e. The molecule has 0 fully saturated rings. The van der Waals surface area contributed by atoms with Crippen molar-refractivity contribution in [3.05, 3.63) is 29.8 Å². The molecule has 0 saturated heterocycles. The van der Waals surface area contributed by atoms with Crippen molar-refractivity contribution in [2.75, 3.05) is 26.4 Å². The van der Waals surface area contributed by atoms with Crippen molar-refractivity contribution in [1.29, 1.82) is 0 Å². The summed E-state index contributed by atoms with van der Waals surface area (Å²) in [6.45, 7) is 3.98. The molecule has 3 unspecified atom stereocenters. The van der Waals surface area contributed by atoms with E-state index in [4.69, 9.17) is 15.2 Å². The highest BCUT2D eigenvalue weighted by Crippen LogP contribution is 2.15. The van der Waals surface area contributed by atoms with E-state index in [-0.39, 0.29) is 38.6 Å². The fourth-order valence-electron chi connectivity index (χ4n) is 3.68. The molecule has 2 heterocycles. The molecule has 0 radical (unpaired) electrons. The predicted molar refractivity (Wildman–Crippen MR) is 135 cm³/mol. The molecule has 3 amide bonds. The summed E-state index contributed by atoms with van der Waals surface area (Å²) in [5.41, 5.74) is 6.18. The molecule has 37 heavy (non-hydrogen) atoms. The number of aliphatic hydroxyl groups is 2. The highest BCUT2D eigenvalue weighted by Gasteiger charge is 2.28. The fraction of sp³-hybridized carbons (Fsp3) is 0.640. The van der Waals surface area contributed by atoms with Crippen LogP contribution in [-0.2, 0) is 20.7 Å². The van der Waals surface area contributed by atoms with Crippen LogP contribution >= 0.6 is 0 Å². The van der Waals surface area contributed by atoms with Crippen LogP contribution in [0, 0.1) is 5.92 Å². The van der Waals surface area contributed by atoms with Gasteiger partial charge in [-0.25, -0.2) is 9.59 Å². The number of urea groups is 1. The van der Waals surface area contributed by atoms with Crippen LogP contribution in [0.5, 0.6) is 5.75 Å². The van der Waals surface area contributed by atoms with Gasteiger partial charge in [-0.15, -0.1) is 0 Å². The van der Waals surface area contributed by atoms with Gasteiger partial charge in [0.2, 0.25) is 5.91 Å². The normalized spacial score (nSPS) is 24.1. The summed E-state index contributed by atoms with van der Waals surface area (Å²) in [5, 5.41) is 37.7. The summed E-state index contributed by atoms with van der Waals surface area (Å²) in [7, 11) is 0. The SMILES string of the molecule is CC(C)[C@H]1COCC(O)C(O)COc2ccc(cc2)C[C@@H](NC(=O)NC(CCCCN)C(=O)O)C(=O)N1. The lowest BCUT2D eigenvalue weighted by Crippen LogP contribution is -2.56. The maximum atomic E-state index is 13.3. The number of unbranched alkanes of at least 4 members (excludes halogenated alkanes) is 1. The minimum atomic E-state index is -1.18. The molecule has 0 saturated carbocycles. The molecule has 0 aliphatic carbocycles. The van der Waals surface area contributed by atoms with Crippen molar-refractivity contribution in [2.45, 2.75) is 69.9 Å². The maximum absolute atomic E-state index is 13.3. The number of rotatable bonds is 8. The zero-order chi connectivity index (χ0) is 27.4. The number of hydrogen-bond donors (Lipinski definition) is 7. The Bertz CT molecular complexity index is 867. The predicted octanol–water partition coefficient (Wildman–Crippen LogP) is -0.249. The summed E-state index contributed by atoms with van der Waals surface area (Å²) in [4.78, 5) is 37.6. The number of hydrogen-bond acceptors (Lipinski definition) is 8. The monoisotopic (exact) mass is 524 g/mol. The Balaban J connectivity index is 2.21. The number of aliphatic hydroxyl groups excluding tert-OH is 2. The number of carbonyl (C=O) groups excluding carboxylic acids is 2. The average Bonchev–Trinajstić information content (AvgIpc) is 2.85. The zero-order valence-electron chi connectivity index (χ0n) is 21.4. The highest BCUT2D eigenvalue weighted by molar-refractivity contribution is 5.89. The van der Waals surface area contributed by atoms with Crippen LogP contribution in [0.2, 0.25) is 0 Å². The second-order valence-electron chi connectivity index (χ2n) is 9.54. The third-order valence-electron chi connectivity index (χ3n) is 6.12. The minimum Gasteiger partial charge on any atom is -0.491 e. The van der Waals surface area contributed by atoms with E-state index in [0.717, 1.165) is 5.56 Å². The lowest BCUT2D eigenvalue weighted by molar-refractivity contribution is -0.139. The Morgan fingerprint density at radius 1 is 1.11 bits per heavy atom. The number of carbonyl (C=O) groups is 3. The molecule has 5 atom stereocenters. The quantitative estimate of drug-likeness (QED) is 0.225. The first-order valence-corrected chi connectivity index (χ1v) is 12.6. The Kier molecular flexibility index (Phi) is 12.6. The number of aliphatic carboxylic acids is 1. The first-order valence-electron chi connectivity index (χ1n) is 12.6. The topological polar surface area (TPSA) is 192 Å². The van der Waals surface area contributed by atoms with Gasteiger partial charge in [0.15, 0.2) is 0 Å². The molecule has 1 aromatic rings. The van der Waals surface area contributed by atoms with Crippen LogP contribution in [-0.4, -0.2) is 89.9 Å². The molecule has 2 aliphatic rings. The van der Waals surface area contributed by atoms with Crippen LogP contribution < -0.4 is 26.4 Å². The van der Waals surface area contributed by atoms with E-state index in [1.807, 2.05) is 13.8 Å². The van der Waals surface area contributed by atoms with Crippen molar-refractivity contribution >= 4 is 17.9 Å². The molecule has 12 heteroatoms. The van der Waals surface area contributed by atoms with E-state index in [1.165, 1.54) is 0 Å². The average molecular weight is 525 g/mol. The van der Waals surface area contributed by atoms with Gasteiger partial charge in [-0.3, -0.25) is 4.79 Å². The van der Waals surface area contributed by atoms with Gasteiger partial charge in [-0.1, -0.05) is 26.0 Å². The van der Waals surface area contributed by atoms with Gasteiger partial charge in [0.1, 0.15) is 36.6 Å². The Morgan fingerprint density at radius 3 is 2.41 bits per heavy atom. The lowest BCUT2D eigenvalue weighted by atomic mass is 10.0. The molecule has 2 aliphatic heterocycles. The van der Waals surface area contributed by atoms with Gasteiger partial charge in [-0.05, 0) is 49.4 Å². The number of nitrogens with one attached hydrogen (secondary N) is 3. The van der Waals surface area contributed by atoms with Gasteiger partial charge in [0, 0.05) is 6.42 Å². The Labute approximate surface area is 216 Å². The van der Waals surface area contributed by atoms with Crippen LogP contribution in [0.15, 0.2) is 24.3 Å². The number of fused-ring (bicyclic) bond motifs is 13. The van der Waals surface area contributed by atoms with Gasteiger partial charge in [-0.2, -0.15) is 0 Å². The number of benzene rings is 1. The van der Waals surface area contributed by atoms with Crippen molar-refractivity contribution in [1.82, 2.24) is 16.0 Å². The summed E-state index contributed by atoms with van der Waals surface area (Å²) in [5.74, 6) is -1.23. The van der Waals surface area contributed by atoms with Gasteiger partial charge >= 0.3 is 12.0 Å². The third kappa shape index (κ3) is 10.5. The first-order chi connectivity index (χ1) is 17.6. The van der Waals surface area contributed by atoms with Crippen molar-refractivity contribution in [3.8, 4) is 5.75 Å². The maximum Gasteiger partial charge on any atom is 0.326 e. The van der Waals surface area contributed by atoms with Crippen molar-refractivity contribution in [2.24, 2.45) is 11.7 Å². The molecule has 0 spiro atoms. The van der Waals surface area contributed by atoms with Crippen molar-refractivity contribution in [3.63, 3.8) is 0 Å². The van der Waals surface area contributed by atoms with E-state index in [2.05, 4.69) is 16.0 Å². The standard InChI is InChI=1S/C25H40N4O8/c1-15(2)20-12-36-13-21(30)22(31)14-37-17-8-6-16(7-9-17)11-19(23(32)27-20)29-25(35)28-18(24(33)34)5-3-4-10-26/h6-9,15,18-22,30-31H,3-5,10-14,26H2,1-2H3,(H,27,32)(H,33,34)(H2,28,29,35)/t18?,19-,20-,21?,22?/m1/s1. The summed E-state index contributed by atoms with van der Waals surface area (Å²) >= 11 is 0. The van der Waals surface area contributed by atoms with Gasteiger partial charge in [0.25, 0.3) is 0 Å². The molecule has 1 aromatic carbocycles. The third-order valence-corrected chi connectivity index (χ3v) is 6.12. The number of nitrogens with two attached hydrogens (primary N) is 1. The molecular weight excluding hydrogens is 484 g/mol. The highest BCUT2D eigenvalue weighted by atomic mass is 16.5. The first kappa shape index (κ1) is 30.3. The Morgan fingerprint density at radius 2 is 1.78 bits per heavy atom. The summed E-state index contributed by atoms with van der Waals surface area (Å²) in [6.07, 6.45) is -0.818.